The number of amides is 1. The van der Waals surface area contributed by atoms with Gasteiger partial charge in [-0.15, -0.1) is 11.3 Å². The number of thiazole rings is 1. The van der Waals surface area contributed by atoms with Crippen LogP contribution in [0.4, 0.5) is 0 Å². The lowest BCUT2D eigenvalue weighted by Crippen LogP contribution is -2.30. The first-order valence-electron chi connectivity index (χ1n) is 6.05. The Morgan fingerprint density at radius 3 is 3.16 bits per heavy atom. The molecule has 0 fully saturated rings. The van der Waals surface area contributed by atoms with Crippen molar-refractivity contribution in [3.63, 3.8) is 0 Å². The molecule has 0 radical (unpaired) electrons. The maximum atomic E-state index is 11.7. The van der Waals surface area contributed by atoms with E-state index < -0.39 is 0 Å². The Kier molecular flexibility index (Phi) is 4.70. The summed E-state index contributed by atoms with van der Waals surface area (Å²) < 4.78 is 5.25. The zero-order valence-electron chi connectivity index (χ0n) is 10.6. The van der Waals surface area contributed by atoms with Gasteiger partial charge < -0.3 is 14.8 Å². The van der Waals surface area contributed by atoms with Gasteiger partial charge in [0.1, 0.15) is 0 Å². The van der Waals surface area contributed by atoms with Gasteiger partial charge >= 0.3 is 0 Å². The van der Waals surface area contributed by atoms with Gasteiger partial charge in [-0.05, 0) is 18.1 Å². The first-order chi connectivity index (χ1) is 9.19. The van der Waals surface area contributed by atoms with E-state index in [4.69, 9.17) is 9.52 Å². The van der Waals surface area contributed by atoms with Gasteiger partial charge in [-0.1, -0.05) is 6.92 Å². The Bertz CT molecular complexity index is 522. The zero-order chi connectivity index (χ0) is 13.7. The summed E-state index contributed by atoms with van der Waals surface area (Å²) in [6, 6.07) is 3.64. The van der Waals surface area contributed by atoms with Gasteiger partial charge in [0, 0.05) is 18.5 Å². The normalized spacial score (nSPS) is 12.3. The number of carbonyl (C=O) groups excluding carboxylic acids is 1. The minimum absolute atomic E-state index is 0.0677. The molecule has 19 heavy (non-hydrogen) atoms. The smallest absolute Gasteiger partial charge is 0.226 e. The highest BCUT2D eigenvalue weighted by Crippen LogP contribution is 2.23. The summed E-state index contributed by atoms with van der Waals surface area (Å²) in [5.41, 5.74) is 0.727. The number of nitrogens with zero attached hydrogens (tertiary/aromatic N) is 1. The van der Waals surface area contributed by atoms with Crippen LogP contribution in [0.3, 0.4) is 0 Å². The van der Waals surface area contributed by atoms with Crippen LogP contribution in [-0.4, -0.2) is 29.1 Å². The second-order valence-corrected chi connectivity index (χ2v) is 5.25. The molecule has 0 aliphatic carbocycles. The van der Waals surface area contributed by atoms with Crippen molar-refractivity contribution in [1.82, 2.24) is 10.3 Å². The van der Waals surface area contributed by atoms with Crippen molar-refractivity contribution in [1.29, 1.82) is 0 Å². The highest BCUT2D eigenvalue weighted by atomic mass is 32.1. The second-order valence-electron chi connectivity index (χ2n) is 4.39. The Morgan fingerprint density at radius 2 is 2.47 bits per heavy atom. The molecule has 0 saturated heterocycles. The highest BCUT2D eigenvalue weighted by molar-refractivity contribution is 7.13. The molecule has 0 spiro atoms. The van der Waals surface area contributed by atoms with Crippen LogP contribution in [0.15, 0.2) is 28.2 Å². The predicted molar refractivity (Wildman–Crippen MR) is 72.8 cm³/mol. The third-order valence-corrected chi connectivity index (χ3v) is 3.49. The van der Waals surface area contributed by atoms with Crippen molar-refractivity contribution in [3.8, 4) is 10.8 Å². The number of hydrogen-bond donors (Lipinski definition) is 2. The Hall–Kier alpha value is -1.66. The molecule has 2 aromatic heterocycles. The van der Waals surface area contributed by atoms with Gasteiger partial charge in [0.2, 0.25) is 5.91 Å². The van der Waals surface area contributed by atoms with Crippen molar-refractivity contribution in [2.75, 3.05) is 13.2 Å². The average Bonchev–Trinajstić information content (AvgIpc) is 3.06. The molecule has 102 valence electrons. The van der Waals surface area contributed by atoms with E-state index in [1.54, 1.807) is 12.3 Å². The van der Waals surface area contributed by atoms with Crippen LogP contribution < -0.4 is 5.32 Å². The highest BCUT2D eigenvalue weighted by Gasteiger charge is 2.11. The maximum absolute atomic E-state index is 11.7. The zero-order valence-corrected chi connectivity index (χ0v) is 11.4. The van der Waals surface area contributed by atoms with Crippen LogP contribution in [0.2, 0.25) is 0 Å². The lowest BCUT2D eigenvalue weighted by molar-refractivity contribution is -0.120. The van der Waals surface area contributed by atoms with E-state index in [-0.39, 0.29) is 24.9 Å². The summed E-state index contributed by atoms with van der Waals surface area (Å²) in [5.74, 6) is 0.695. The van der Waals surface area contributed by atoms with Crippen LogP contribution in [-0.2, 0) is 11.2 Å². The molecule has 0 aromatic carbocycles. The maximum Gasteiger partial charge on any atom is 0.226 e. The molecule has 1 amide bonds. The van der Waals surface area contributed by atoms with E-state index in [1.165, 1.54) is 11.3 Å². The third kappa shape index (κ3) is 3.90. The molecule has 0 saturated carbocycles. The van der Waals surface area contributed by atoms with Crippen LogP contribution in [0.25, 0.3) is 10.8 Å². The molecule has 0 aliphatic heterocycles. The van der Waals surface area contributed by atoms with Crippen molar-refractivity contribution >= 4 is 17.2 Å². The number of hydrogen-bond acceptors (Lipinski definition) is 5. The van der Waals surface area contributed by atoms with E-state index >= 15 is 0 Å². The molecule has 1 atom stereocenters. The first-order valence-corrected chi connectivity index (χ1v) is 6.93. The summed E-state index contributed by atoms with van der Waals surface area (Å²) in [5, 5.41) is 14.3. The molecular weight excluding hydrogens is 264 g/mol. The lowest BCUT2D eigenvalue weighted by Gasteiger charge is -2.08. The van der Waals surface area contributed by atoms with Crippen molar-refractivity contribution in [2.45, 2.75) is 13.3 Å². The van der Waals surface area contributed by atoms with Gasteiger partial charge in [-0.3, -0.25) is 4.79 Å². The van der Waals surface area contributed by atoms with Crippen LogP contribution >= 0.6 is 11.3 Å². The first kappa shape index (κ1) is 13.8. The van der Waals surface area contributed by atoms with Crippen LogP contribution in [0.1, 0.15) is 12.6 Å². The molecule has 5 nitrogen and oxygen atoms in total. The van der Waals surface area contributed by atoms with Crippen LogP contribution in [0.5, 0.6) is 0 Å². The Labute approximate surface area is 115 Å². The summed E-state index contributed by atoms with van der Waals surface area (Å²) in [6.45, 7) is 2.42. The van der Waals surface area contributed by atoms with E-state index in [1.807, 2.05) is 18.4 Å². The Balaban J connectivity index is 1.88. The van der Waals surface area contributed by atoms with E-state index in [0.29, 0.717) is 12.3 Å². The number of aliphatic hydroxyl groups excluding tert-OH is 1. The molecule has 0 aliphatic rings. The van der Waals surface area contributed by atoms with E-state index in [9.17, 15) is 4.79 Å². The lowest BCUT2D eigenvalue weighted by atomic mass is 10.2. The number of rotatable bonds is 6. The van der Waals surface area contributed by atoms with Crippen molar-refractivity contribution in [2.24, 2.45) is 5.92 Å². The molecule has 2 aromatic rings. The molecule has 1 unspecified atom stereocenters. The molecular formula is C13H16N2O3S. The third-order valence-electron chi connectivity index (χ3n) is 2.58. The van der Waals surface area contributed by atoms with E-state index in [0.717, 1.165) is 10.7 Å². The standard InChI is InChI=1S/C13H16N2O3S/c1-9(7-16)6-14-12(17)5-10-8-19-13(15-10)11-3-2-4-18-11/h2-4,8-9,16H,5-7H2,1H3,(H,14,17). The van der Waals surface area contributed by atoms with E-state index in [2.05, 4.69) is 10.3 Å². The summed E-state index contributed by atoms with van der Waals surface area (Å²) in [6.07, 6.45) is 1.84. The van der Waals surface area contributed by atoms with Gasteiger partial charge in [-0.2, -0.15) is 0 Å². The largest absolute Gasteiger partial charge is 0.462 e. The second kappa shape index (κ2) is 6.49. The SMILES string of the molecule is CC(CO)CNC(=O)Cc1csc(-c2ccco2)n1. The molecule has 2 N–H and O–H groups in total. The van der Waals surface area contributed by atoms with Gasteiger partial charge in [0.05, 0.1) is 18.4 Å². The number of furan rings is 1. The summed E-state index contributed by atoms with van der Waals surface area (Å²) in [4.78, 5) is 16.0. The van der Waals surface area contributed by atoms with Gasteiger partial charge in [0.15, 0.2) is 10.8 Å². The number of carbonyl (C=O) groups is 1. The quantitative estimate of drug-likeness (QED) is 0.844. The number of nitrogens with one attached hydrogen (secondary N) is 1. The van der Waals surface area contributed by atoms with Gasteiger partial charge in [-0.25, -0.2) is 4.98 Å². The van der Waals surface area contributed by atoms with Crippen molar-refractivity contribution < 1.29 is 14.3 Å². The predicted octanol–water partition coefficient (Wildman–Crippen LogP) is 1.69. The fourth-order valence-electron chi connectivity index (χ4n) is 1.48. The monoisotopic (exact) mass is 280 g/mol. The number of aromatic nitrogens is 1. The van der Waals surface area contributed by atoms with Gasteiger partial charge in [0.25, 0.3) is 0 Å². The molecule has 2 rings (SSSR count). The minimum atomic E-state index is -0.0865. The molecule has 2 heterocycles. The Morgan fingerprint density at radius 1 is 1.63 bits per heavy atom. The number of aliphatic hydroxyl groups is 1. The average molecular weight is 280 g/mol. The summed E-state index contributed by atoms with van der Waals surface area (Å²) >= 11 is 1.45. The topological polar surface area (TPSA) is 75.4 Å². The fraction of sp³-hybridized carbons (Fsp3) is 0.385. The molecule has 0 bridgehead atoms. The molecule has 6 heteroatoms. The summed E-state index contributed by atoms with van der Waals surface area (Å²) in [7, 11) is 0. The minimum Gasteiger partial charge on any atom is -0.462 e. The fourth-order valence-corrected chi connectivity index (χ4v) is 2.27. The van der Waals surface area contributed by atoms with Crippen molar-refractivity contribution in [3.05, 3.63) is 29.5 Å². The van der Waals surface area contributed by atoms with Crippen LogP contribution in [0, 0.1) is 5.92 Å².